The fourth-order valence-corrected chi connectivity index (χ4v) is 2.44. The van der Waals surface area contributed by atoms with Gasteiger partial charge < -0.3 is 15.2 Å². The molecule has 0 radical (unpaired) electrons. The molecule has 1 aromatic heterocycles. The SMILES string of the molecule is CCNCC1CCN(C(=O)c2cc(=O)[nH]c(=O)[nH]2)CC1. The summed E-state index contributed by atoms with van der Waals surface area (Å²) < 4.78 is 0. The number of H-pyrrole nitrogens is 2. The van der Waals surface area contributed by atoms with Gasteiger partial charge in [0.1, 0.15) is 5.69 Å². The van der Waals surface area contributed by atoms with E-state index in [-0.39, 0.29) is 11.6 Å². The van der Waals surface area contributed by atoms with Crippen molar-refractivity contribution < 1.29 is 4.79 Å². The molecule has 0 saturated carbocycles. The fraction of sp³-hybridized carbons (Fsp3) is 0.615. The van der Waals surface area contributed by atoms with Crippen LogP contribution in [0.25, 0.3) is 0 Å². The summed E-state index contributed by atoms with van der Waals surface area (Å²) in [6, 6.07) is 1.13. The molecule has 110 valence electrons. The van der Waals surface area contributed by atoms with Gasteiger partial charge in [-0.3, -0.25) is 14.6 Å². The monoisotopic (exact) mass is 280 g/mol. The summed E-state index contributed by atoms with van der Waals surface area (Å²) in [6.45, 7) is 5.31. The number of nitrogens with zero attached hydrogens (tertiary/aromatic N) is 1. The molecule has 2 rings (SSSR count). The van der Waals surface area contributed by atoms with Gasteiger partial charge >= 0.3 is 5.69 Å². The van der Waals surface area contributed by atoms with Crippen LogP contribution in [0.2, 0.25) is 0 Å². The van der Waals surface area contributed by atoms with Gasteiger partial charge in [0.15, 0.2) is 0 Å². The maximum Gasteiger partial charge on any atom is 0.326 e. The summed E-state index contributed by atoms with van der Waals surface area (Å²) in [7, 11) is 0. The molecule has 1 fully saturated rings. The van der Waals surface area contributed by atoms with Gasteiger partial charge in [-0.15, -0.1) is 0 Å². The Morgan fingerprint density at radius 1 is 1.35 bits per heavy atom. The van der Waals surface area contributed by atoms with E-state index in [0.717, 1.165) is 32.0 Å². The second-order valence-electron chi connectivity index (χ2n) is 5.04. The lowest BCUT2D eigenvalue weighted by molar-refractivity contribution is 0.0683. The number of aromatic amines is 2. The Bertz CT molecular complexity index is 541. The van der Waals surface area contributed by atoms with Crippen molar-refractivity contribution in [3.05, 3.63) is 32.6 Å². The van der Waals surface area contributed by atoms with E-state index in [1.54, 1.807) is 4.90 Å². The number of likely N-dealkylation sites (tertiary alicyclic amines) is 1. The Morgan fingerprint density at radius 3 is 2.65 bits per heavy atom. The third-order valence-electron chi connectivity index (χ3n) is 3.58. The average molecular weight is 280 g/mol. The molecule has 1 aliphatic rings. The van der Waals surface area contributed by atoms with E-state index in [2.05, 4.69) is 22.2 Å². The van der Waals surface area contributed by atoms with Gasteiger partial charge in [-0.1, -0.05) is 6.92 Å². The molecule has 1 amide bonds. The highest BCUT2D eigenvalue weighted by atomic mass is 16.2. The summed E-state index contributed by atoms with van der Waals surface area (Å²) in [5.74, 6) is 0.298. The van der Waals surface area contributed by atoms with E-state index in [1.807, 2.05) is 0 Å². The zero-order chi connectivity index (χ0) is 14.5. The van der Waals surface area contributed by atoms with Crippen molar-refractivity contribution in [3.8, 4) is 0 Å². The number of carbonyl (C=O) groups is 1. The van der Waals surface area contributed by atoms with Crippen LogP contribution in [0.4, 0.5) is 0 Å². The number of aromatic nitrogens is 2. The predicted molar refractivity (Wildman–Crippen MR) is 74.9 cm³/mol. The van der Waals surface area contributed by atoms with Gasteiger partial charge in [-0.2, -0.15) is 0 Å². The lowest BCUT2D eigenvalue weighted by Crippen LogP contribution is -2.42. The highest BCUT2D eigenvalue weighted by Crippen LogP contribution is 2.17. The molecule has 0 atom stereocenters. The number of hydrogen-bond donors (Lipinski definition) is 3. The minimum absolute atomic E-state index is 0.0592. The van der Waals surface area contributed by atoms with Crippen molar-refractivity contribution in [2.75, 3.05) is 26.2 Å². The van der Waals surface area contributed by atoms with Gasteiger partial charge in [0.2, 0.25) is 0 Å². The second-order valence-corrected chi connectivity index (χ2v) is 5.04. The Morgan fingerprint density at radius 2 is 2.05 bits per heavy atom. The Balaban J connectivity index is 1.98. The van der Waals surface area contributed by atoms with Crippen molar-refractivity contribution >= 4 is 5.91 Å². The minimum Gasteiger partial charge on any atom is -0.337 e. The molecule has 7 nitrogen and oxygen atoms in total. The van der Waals surface area contributed by atoms with Crippen LogP contribution in [0.3, 0.4) is 0 Å². The standard InChI is InChI=1S/C13H20N4O3/c1-2-14-8-9-3-5-17(6-4-9)12(19)10-7-11(18)16-13(20)15-10/h7,9,14H,2-6,8H2,1H3,(H2,15,16,18,20). The van der Waals surface area contributed by atoms with Crippen LogP contribution >= 0.6 is 0 Å². The summed E-state index contributed by atoms with van der Waals surface area (Å²) in [5, 5.41) is 3.31. The van der Waals surface area contributed by atoms with E-state index in [4.69, 9.17) is 0 Å². The first-order valence-corrected chi connectivity index (χ1v) is 6.93. The van der Waals surface area contributed by atoms with Gasteiger partial charge in [0.05, 0.1) is 0 Å². The largest absolute Gasteiger partial charge is 0.337 e. The van der Waals surface area contributed by atoms with E-state index in [0.29, 0.717) is 19.0 Å². The van der Waals surface area contributed by atoms with Crippen molar-refractivity contribution in [2.45, 2.75) is 19.8 Å². The first kappa shape index (κ1) is 14.5. The number of piperidine rings is 1. The lowest BCUT2D eigenvalue weighted by Gasteiger charge is -2.31. The maximum atomic E-state index is 12.2. The van der Waals surface area contributed by atoms with Crippen molar-refractivity contribution in [3.63, 3.8) is 0 Å². The number of nitrogens with one attached hydrogen (secondary N) is 3. The fourth-order valence-electron chi connectivity index (χ4n) is 2.44. The third kappa shape index (κ3) is 3.57. The van der Waals surface area contributed by atoms with Crippen LogP contribution in [0, 0.1) is 5.92 Å². The number of carbonyl (C=O) groups excluding carboxylic acids is 1. The molecule has 0 aromatic carbocycles. The van der Waals surface area contributed by atoms with Crippen molar-refractivity contribution in [1.29, 1.82) is 0 Å². The maximum absolute atomic E-state index is 12.2. The van der Waals surface area contributed by atoms with Crippen LogP contribution in [0.5, 0.6) is 0 Å². The molecule has 20 heavy (non-hydrogen) atoms. The molecule has 2 heterocycles. The first-order chi connectivity index (χ1) is 9.60. The van der Waals surface area contributed by atoms with Crippen LogP contribution in [-0.4, -0.2) is 47.0 Å². The smallest absolute Gasteiger partial charge is 0.326 e. The van der Waals surface area contributed by atoms with Crippen molar-refractivity contribution in [2.24, 2.45) is 5.92 Å². The summed E-state index contributed by atoms with van der Waals surface area (Å²) in [4.78, 5) is 40.7. The van der Waals surface area contributed by atoms with Crippen LogP contribution in [-0.2, 0) is 0 Å². The molecule has 7 heteroatoms. The molecule has 1 saturated heterocycles. The zero-order valence-electron chi connectivity index (χ0n) is 11.6. The Hall–Kier alpha value is -1.89. The summed E-state index contributed by atoms with van der Waals surface area (Å²) in [6.07, 6.45) is 1.87. The van der Waals surface area contributed by atoms with Gasteiger partial charge in [0, 0.05) is 19.2 Å². The van der Waals surface area contributed by atoms with Gasteiger partial charge in [-0.05, 0) is 31.8 Å². The molecule has 0 spiro atoms. The van der Waals surface area contributed by atoms with E-state index < -0.39 is 11.2 Å². The van der Waals surface area contributed by atoms with E-state index in [9.17, 15) is 14.4 Å². The predicted octanol–water partition coefficient (Wildman–Crippen LogP) is -0.475. The Kier molecular flexibility index (Phi) is 4.73. The number of amides is 1. The summed E-state index contributed by atoms with van der Waals surface area (Å²) in [5.41, 5.74) is -1.15. The molecule has 0 unspecified atom stereocenters. The molecule has 0 bridgehead atoms. The summed E-state index contributed by atoms with van der Waals surface area (Å²) >= 11 is 0. The van der Waals surface area contributed by atoms with E-state index >= 15 is 0 Å². The van der Waals surface area contributed by atoms with Crippen molar-refractivity contribution in [1.82, 2.24) is 20.2 Å². The highest BCUT2D eigenvalue weighted by Gasteiger charge is 2.24. The quantitative estimate of drug-likeness (QED) is 0.694. The molecule has 3 N–H and O–H groups in total. The third-order valence-corrected chi connectivity index (χ3v) is 3.58. The van der Waals surface area contributed by atoms with Gasteiger partial charge in [-0.25, -0.2) is 4.79 Å². The normalized spacial score (nSPS) is 16.4. The van der Waals surface area contributed by atoms with Gasteiger partial charge in [0.25, 0.3) is 11.5 Å². The lowest BCUT2D eigenvalue weighted by atomic mass is 9.96. The molecular weight excluding hydrogens is 260 g/mol. The molecular formula is C13H20N4O3. The second kappa shape index (κ2) is 6.51. The van der Waals surface area contributed by atoms with E-state index in [1.165, 1.54) is 0 Å². The van der Waals surface area contributed by atoms with Crippen LogP contribution < -0.4 is 16.6 Å². The molecule has 1 aromatic rings. The topological polar surface area (TPSA) is 98.1 Å². The number of hydrogen-bond acceptors (Lipinski definition) is 4. The van der Waals surface area contributed by atoms with Crippen LogP contribution in [0.15, 0.2) is 15.7 Å². The molecule has 0 aliphatic carbocycles. The minimum atomic E-state index is -0.650. The first-order valence-electron chi connectivity index (χ1n) is 6.93. The Labute approximate surface area is 116 Å². The zero-order valence-corrected chi connectivity index (χ0v) is 11.6. The number of rotatable bonds is 4. The highest BCUT2D eigenvalue weighted by molar-refractivity contribution is 5.92. The average Bonchev–Trinajstić information content (AvgIpc) is 2.44. The van der Waals surface area contributed by atoms with Crippen LogP contribution in [0.1, 0.15) is 30.3 Å². The molecule has 1 aliphatic heterocycles.